The Balaban J connectivity index is 2.24. The Labute approximate surface area is 105 Å². The number of hydrogen-bond acceptors (Lipinski definition) is 4. The van der Waals surface area contributed by atoms with Crippen LogP contribution >= 0.6 is 0 Å². The lowest BCUT2D eigenvalue weighted by Crippen LogP contribution is -1.96. The van der Waals surface area contributed by atoms with E-state index in [2.05, 4.69) is 15.6 Å². The van der Waals surface area contributed by atoms with Crippen molar-refractivity contribution in [3.05, 3.63) is 42.3 Å². The summed E-state index contributed by atoms with van der Waals surface area (Å²) in [6.45, 7) is 0. The first-order valence-electron chi connectivity index (χ1n) is 5.46. The molecule has 0 radical (unpaired) electrons. The minimum absolute atomic E-state index is 0.347. The second-order valence-electron chi connectivity index (χ2n) is 3.68. The van der Waals surface area contributed by atoms with Gasteiger partial charge in [-0.25, -0.2) is 9.37 Å². The Morgan fingerprint density at radius 3 is 2.72 bits per heavy atom. The van der Waals surface area contributed by atoms with Gasteiger partial charge in [-0.05, 0) is 12.1 Å². The first kappa shape index (κ1) is 12.2. The number of pyridine rings is 1. The molecule has 2 N–H and O–H groups in total. The Morgan fingerprint density at radius 1 is 1.17 bits per heavy atom. The van der Waals surface area contributed by atoms with E-state index in [1.54, 1.807) is 25.4 Å². The highest BCUT2D eigenvalue weighted by Gasteiger charge is 2.02. The van der Waals surface area contributed by atoms with Crippen LogP contribution in [0.25, 0.3) is 0 Å². The summed E-state index contributed by atoms with van der Waals surface area (Å²) in [5, 5.41) is 6.03. The Hall–Kier alpha value is -2.30. The van der Waals surface area contributed by atoms with Gasteiger partial charge in [0, 0.05) is 42.8 Å². The van der Waals surface area contributed by atoms with Crippen LogP contribution in [0.1, 0.15) is 0 Å². The number of methoxy groups -OCH3 is 1. The molecule has 0 fully saturated rings. The van der Waals surface area contributed by atoms with Crippen LogP contribution in [0.15, 0.2) is 36.5 Å². The number of ether oxygens (including phenoxy) is 1. The summed E-state index contributed by atoms with van der Waals surface area (Å²) >= 11 is 0. The van der Waals surface area contributed by atoms with Crippen molar-refractivity contribution in [2.45, 2.75) is 0 Å². The van der Waals surface area contributed by atoms with E-state index in [1.165, 1.54) is 19.2 Å². The van der Waals surface area contributed by atoms with Crippen LogP contribution in [0, 0.1) is 5.82 Å². The predicted octanol–water partition coefficient (Wildman–Crippen LogP) is 3.01. The maximum Gasteiger partial charge on any atom is 0.128 e. The Morgan fingerprint density at radius 2 is 2.00 bits per heavy atom. The van der Waals surface area contributed by atoms with Crippen molar-refractivity contribution in [3.63, 3.8) is 0 Å². The summed E-state index contributed by atoms with van der Waals surface area (Å²) in [5.41, 5.74) is 1.45. The van der Waals surface area contributed by atoms with E-state index in [9.17, 15) is 4.39 Å². The van der Waals surface area contributed by atoms with Gasteiger partial charge in [0.2, 0.25) is 0 Å². The molecule has 0 aliphatic rings. The molecule has 2 rings (SSSR count). The fourth-order valence-electron chi connectivity index (χ4n) is 1.56. The van der Waals surface area contributed by atoms with Gasteiger partial charge in [-0.1, -0.05) is 0 Å². The number of benzene rings is 1. The molecule has 0 saturated carbocycles. The van der Waals surface area contributed by atoms with Gasteiger partial charge in [0.25, 0.3) is 0 Å². The van der Waals surface area contributed by atoms with E-state index >= 15 is 0 Å². The lowest BCUT2D eigenvalue weighted by molar-refractivity contribution is 0.411. The molecule has 0 spiro atoms. The zero-order valence-corrected chi connectivity index (χ0v) is 10.2. The predicted molar refractivity (Wildman–Crippen MR) is 70.0 cm³/mol. The van der Waals surface area contributed by atoms with E-state index in [0.29, 0.717) is 11.4 Å². The summed E-state index contributed by atoms with van der Waals surface area (Å²) in [7, 11) is 3.29. The molecule has 94 valence electrons. The van der Waals surface area contributed by atoms with Gasteiger partial charge < -0.3 is 15.4 Å². The van der Waals surface area contributed by atoms with Gasteiger partial charge >= 0.3 is 0 Å². The quantitative estimate of drug-likeness (QED) is 0.871. The second-order valence-corrected chi connectivity index (χ2v) is 3.68. The molecule has 0 bridgehead atoms. The highest BCUT2D eigenvalue weighted by Crippen LogP contribution is 2.23. The average Bonchev–Trinajstić information content (AvgIpc) is 2.38. The Bertz CT molecular complexity index is 546. The van der Waals surface area contributed by atoms with Crippen molar-refractivity contribution in [2.24, 2.45) is 0 Å². The van der Waals surface area contributed by atoms with Crippen molar-refractivity contribution in [3.8, 4) is 5.75 Å². The first-order valence-corrected chi connectivity index (χ1v) is 5.46. The van der Waals surface area contributed by atoms with Gasteiger partial charge in [-0.2, -0.15) is 0 Å². The number of nitrogens with one attached hydrogen (secondary N) is 2. The fourth-order valence-corrected chi connectivity index (χ4v) is 1.56. The largest absolute Gasteiger partial charge is 0.497 e. The van der Waals surface area contributed by atoms with E-state index < -0.39 is 0 Å². The van der Waals surface area contributed by atoms with Crippen LogP contribution in [0.5, 0.6) is 5.75 Å². The minimum Gasteiger partial charge on any atom is -0.497 e. The molecule has 0 unspecified atom stereocenters. The van der Waals surface area contributed by atoms with E-state index in [0.717, 1.165) is 11.5 Å². The van der Waals surface area contributed by atoms with Crippen LogP contribution in [0.2, 0.25) is 0 Å². The third-order valence-electron chi connectivity index (χ3n) is 2.41. The molecule has 2 aromatic rings. The van der Waals surface area contributed by atoms with Crippen molar-refractivity contribution in [1.82, 2.24) is 4.98 Å². The second kappa shape index (κ2) is 5.35. The van der Waals surface area contributed by atoms with Crippen LogP contribution < -0.4 is 15.4 Å². The first-order chi connectivity index (χ1) is 8.71. The highest BCUT2D eigenvalue weighted by atomic mass is 19.1. The molecule has 1 aromatic heterocycles. The molecule has 1 heterocycles. The maximum atomic E-state index is 13.3. The molecular formula is C13H14FN3O. The van der Waals surface area contributed by atoms with Crippen molar-refractivity contribution in [1.29, 1.82) is 0 Å². The third-order valence-corrected chi connectivity index (χ3v) is 2.41. The van der Waals surface area contributed by atoms with Gasteiger partial charge in [0.05, 0.1) is 7.11 Å². The van der Waals surface area contributed by atoms with Gasteiger partial charge in [0.15, 0.2) is 0 Å². The third kappa shape index (κ3) is 2.88. The molecule has 1 aromatic carbocycles. The van der Waals surface area contributed by atoms with Crippen LogP contribution in [0.4, 0.5) is 21.6 Å². The van der Waals surface area contributed by atoms with Crippen LogP contribution in [0.3, 0.4) is 0 Å². The fraction of sp³-hybridized carbons (Fsp3) is 0.154. The molecular weight excluding hydrogens is 233 g/mol. The summed E-state index contributed by atoms with van der Waals surface area (Å²) in [5.74, 6) is 0.864. The smallest absolute Gasteiger partial charge is 0.128 e. The van der Waals surface area contributed by atoms with E-state index in [1.807, 2.05) is 6.07 Å². The number of aromatic nitrogens is 1. The molecule has 5 heteroatoms. The summed E-state index contributed by atoms with van der Waals surface area (Å²) in [6, 6.07) is 8.09. The normalized spacial score (nSPS) is 9.94. The van der Waals surface area contributed by atoms with Crippen molar-refractivity contribution < 1.29 is 9.13 Å². The van der Waals surface area contributed by atoms with Crippen LogP contribution in [-0.2, 0) is 0 Å². The van der Waals surface area contributed by atoms with Crippen molar-refractivity contribution >= 4 is 17.2 Å². The number of nitrogens with zero attached hydrogens (tertiary/aromatic N) is 1. The summed E-state index contributed by atoms with van der Waals surface area (Å²) in [6.07, 6.45) is 1.67. The Kier molecular flexibility index (Phi) is 3.62. The standard InChI is InChI=1S/C13H14FN3O/c1-15-13-8-10(3-4-16-13)17-11-5-9(14)6-12(7-11)18-2/h3-8H,1-2H3,(H2,15,16,17). The summed E-state index contributed by atoms with van der Waals surface area (Å²) < 4.78 is 18.3. The monoisotopic (exact) mass is 247 g/mol. The average molecular weight is 247 g/mol. The molecule has 0 aliphatic carbocycles. The lowest BCUT2D eigenvalue weighted by Gasteiger charge is -2.09. The zero-order valence-electron chi connectivity index (χ0n) is 10.2. The SMILES string of the molecule is CNc1cc(Nc2cc(F)cc(OC)c2)ccn1. The number of anilines is 3. The van der Waals surface area contributed by atoms with Crippen molar-refractivity contribution in [2.75, 3.05) is 24.8 Å². The molecule has 0 atom stereocenters. The maximum absolute atomic E-state index is 13.3. The summed E-state index contributed by atoms with van der Waals surface area (Å²) in [4.78, 5) is 4.10. The lowest BCUT2D eigenvalue weighted by atomic mass is 10.2. The highest BCUT2D eigenvalue weighted by molar-refractivity contribution is 5.63. The van der Waals surface area contributed by atoms with Crippen LogP contribution in [-0.4, -0.2) is 19.1 Å². The number of rotatable bonds is 4. The molecule has 0 aliphatic heterocycles. The molecule has 0 saturated heterocycles. The molecule has 4 nitrogen and oxygen atoms in total. The number of hydrogen-bond donors (Lipinski definition) is 2. The topological polar surface area (TPSA) is 46.2 Å². The molecule has 0 amide bonds. The number of halogens is 1. The zero-order chi connectivity index (χ0) is 13.0. The van der Waals surface area contributed by atoms with Gasteiger partial charge in [0.1, 0.15) is 17.4 Å². The van der Waals surface area contributed by atoms with Gasteiger partial charge in [-0.15, -0.1) is 0 Å². The molecule has 18 heavy (non-hydrogen) atoms. The van der Waals surface area contributed by atoms with Gasteiger partial charge in [-0.3, -0.25) is 0 Å². The minimum atomic E-state index is -0.347. The van der Waals surface area contributed by atoms with E-state index in [-0.39, 0.29) is 5.82 Å². The van der Waals surface area contributed by atoms with E-state index in [4.69, 9.17) is 4.74 Å².